The minimum absolute atomic E-state index is 0.276. The van der Waals surface area contributed by atoms with Crippen LogP contribution in [0.4, 0.5) is 0 Å². The van der Waals surface area contributed by atoms with Crippen LogP contribution in [0.25, 0.3) is 0 Å². The number of hydrogen-bond acceptors (Lipinski definition) is 4. The highest BCUT2D eigenvalue weighted by molar-refractivity contribution is 7.99. The van der Waals surface area contributed by atoms with Gasteiger partial charge in [-0.25, -0.2) is 0 Å². The third-order valence-corrected chi connectivity index (χ3v) is 2.14. The van der Waals surface area contributed by atoms with Gasteiger partial charge < -0.3 is 10.4 Å². The zero-order chi connectivity index (χ0) is 8.36. The molecule has 0 aromatic rings. The van der Waals surface area contributed by atoms with Gasteiger partial charge in [-0.3, -0.25) is 0 Å². The van der Waals surface area contributed by atoms with Gasteiger partial charge in [-0.15, -0.1) is 0 Å². The van der Waals surface area contributed by atoms with Gasteiger partial charge in [0.2, 0.25) is 0 Å². The number of aliphatic hydroxyl groups is 1. The Morgan fingerprint density at radius 2 is 2.27 bits per heavy atom. The molecule has 3 nitrogen and oxygen atoms in total. The van der Waals surface area contributed by atoms with Crippen LogP contribution in [0.3, 0.4) is 0 Å². The summed E-state index contributed by atoms with van der Waals surface area (Å²) >= 11 is 1.80. The fraction of sp³-hybridized carbons (Fsp3) is 0.857. The molecule has 0 aliphatic heterocycles. The molecule has 4 heteroatoms. The number of rotatable bonds is 7. The predicted octanol–water partition coefficient (Wildman–Crippen LogP) is 0.215. The molecule has 0 heterocycles. The quantitative estimate of drug-likeness (QED) is 0.428. The Labute approximate surface area is 71.8 Å². The molecule has 0 aliphatic carbocycles. The number of thioether (sulfide) groups is 1. The van der Waals surface area contributed by atoms with Gasteiger partial charge in [0.25, 0.3) is 0 Å². The number of nitrogens with zero attached hydrogens (tertiary/aromatic N) is 1. The molecular weight excluding hydrogens is 160 g/mol. The van der Waals surface area contributed by atoms with Crippen molar-refractivity contribution in [1.29, 1.82) is 5.26 Å². The highest BCUT2D eigenvalue weighted by Crippen LogP contribution is 1.99. The van der Waals surface area contributed by atoms with Crippen molar-refractivity contribution in [3.63, 3.8) is 0 Å². The minimum atomic E-state index is 0.276. The summed E-state index contributed by atoms with van der Waals surface area (Å²) in [5.41, 5.74) is 0. The van der Waals surface area contributed by atoms with Gasteiger partial charge in [-0.1, -0.05) is 0 Å². The zero-order valence-corrected chi connectivity index (χ0v) is 7.36. The minimum Gasteiger partial charge on any atom is -0.396 e. The molecule has 11 heavy (non-hydrogen) atoms. The number of hydrogen-bond donors (Lipinski definition) is 2. The molecule has 0 spiro atoms. The summed E-state index contributed by atoms with van der Waals surface area (Å²) in [6, 6.07) is 2.01. The van der Waals surface area contributed by atoms with Crippen LogP contribution in [0.5, 0.6) is 0 Å². The van der Waals surface area contributed by atoms with E-state index in [1.165, 1.54) is 0 Å². The summed E-state index contributed by atoms with van der Waals surface area (Å²) in [7, 11) is 0. The van der Waals surface area contributed by atoms with Crippen molar-refractivity contribution in [3.8, 4) is 6.07 Å². The Bertz CT molecular complexity index is 113. The smallest absolute Gasteiger partial charge is 0.0841 e. The Morgan fingerprint density at radius 1 is 1.45 bits per heavy atom. The highest BCUT2D eigenvalue weighted by Gasteiger charge is 1.87. The third kappa shape index (κ3) is 9.76. The van der Waals surface area contributed by atoms with Gasteiger partial charge in [0.05, 0.1) is 12.6 Å². The van der Waals surface area contributed by atoms with Crippen molar-refractivity contribution in [1.82, 2.24) is 5.32 Å². The lowest BCUT2D eigenvalue weighted by Gasteiger charge is -1.99. The fourth-order valence-corrected chi connectivity index (χ4v) is 1.38. The molecule has 0 fully saturated rings. The van der Waals surface area contributed by atoms with Crippen LogP contribution in [0, 0.1) is 11.3 Å². The van der Waals surface area contributed by atoms with E-state index in [1.54, 1.807) is 11.8 Å². The number of nitriles is 1. The summed E-state index contributed by atoms with van der Waals surface area (Å²) < 4.78 is 0. The van der Waals surface area contributed by atoms with Crippen molar-refractivity contribution in [2.24, 2.45) is 0 Å². The Balaban J connectivity index is 2.75. The van der Waals surface area contributed by atoms with Gasteiger partial charge in [0, 0.05) is 18.9 Å². The van der Waals surface area contributed by atoms with Gasteiger partial charge >= 0.3 is 0 Å². The summed E-state index contributed by atoms with van der Waals surface area (Å²) in [5, 5.41) is 19.6. The molecule has 0 saturated carbocycles. The van der Waals surface area contributed by atoms with E-state index in [9.17, 15) is 0 Å². The monoisotopic (exact) mass is 174 g/mol. The summed E-state index contributed by atoms with van der Waals surface area (Å²) in [4.78, 5) is 0. The van der Waals surface area contributed by atoms with Crippen molar-refractivity contribution >= 4 is 11.8 Å². The first-order valence-corrected chi connectivity index (χ1v) is 4.83. The van der Waals surface area contributed by atoms with Crippen molar-refractivity contribution in [3.05, 3.63) is 0 Å². The van der Waals surface area contributed by atoms with Crippen LogP contribution in [0.2, 0.25) is 0 Å². The lowest BCUT2D eigenvalue weighted by Crippen LogP contribution is -2.17. The lowest BCUT2D eigenvalue weighted by molar-refractivity contribution is 0.296. The van der Waals surface area contributed by atoms with E-state index in [1.807, 2.05) is 6.07 Å². The summed E-state index contributed by atoms with van der Waals surface area (Å²) in [5.74, 6) is 2.02. The standard InChI is InChI=1S/C7H14N2OS/c8-2-3-9-4-7-11-6-1-5-10/h9-10H,1,3-7H2. The average molecular weight is 174 g/mol. The lowest BCUT2D eigenvalue weighted by atomic mass is 10.5. The molecule has 0 rings (SSSR count). The molecule has 0 aromatic heterocycles. The summed E-state index contributed by atoms with van der Waals surface area (Å²) in [6.07, 6.45) is 0.864. The van der Waals surface area contributed by atoms with E-state index in [0.717, 1.165) is 24.5 Å². The van der Waals surface area contributed by atoms with Crippen LogP contribution >= 0.6 is 11.8 Å². The van der Waals surface area contributed by atoms with Crippen LogP contribution < -0.4 is 5.32 Å². The van der Waals surface area contributed by atoms with E-state index >= 15 is 0 Å². The first kappa shape index (κ1) is 10.8. The second kappa shape index (κ2) is 9.76. The third-order valence-electron chi connectivity index (χ3n) is 1.07. The Kier molecular flexibility index (Phi) is 9.55. The van der Waals surface area contributed by atoms with Crippen molar-refractivity contribution < 1.29 is 5.11 Å². The normalized spacial score (nSPS) is 9.45. The molecule has 0 aliphatic rings. The second-order valence-electron chi connectivity index (χ2n) is 2.02. The molecule has 0 saturated heterocycles. The average Bonchev–Trinajstić information content (AvgIpc) is 2.03. The SMILES string of the molecule is N#CCNCCSCCCO. The first-order chi connectivity index (χ1) is 5.41. The molecule has 0 radical (unpaired) electrons. The largest absolute Gasteiger partial charge is 0.396 e. The fourth-order valence-electron chi connectivity index (χ4n) is 0.557. The van der Waals surface area contributed by atoms with Gasteiger partial charge in [0.15, 0.2) is 0 Å². The van der Waals surface area contributed by atoms with Gasteiger partial charge in [0.1, 0.15) is 0 Å². The molecule has 2 N–H and O–H groups in total. The van der Waals surface area contributed by atoms with Crippen LogP contribution in [0.15, 0.2) is 0 Å². The van der Waals surface area contributed by atoms with Crippen LogP contribution in [-0.2, 0) is 0 Å². The number of nitrogens with one attached hydrogen (secondary N) is 1. The van der Waals surface area contributed by atoms with E-state index in [4.69, 9.17) is 10.4 Å². The topological polar surface area (TPSA) is 56.0 Å². The molecule has 0 aromatic carbocycles. The second-order valence-corrected chi connectivity index (χ2v) is 3.25. The van der Waals surface area contributed by atoms with Crippen LogP contribution in [0.1, 0.15) is 6.42 Å². The van der Waals surface area contributed by atoms with E-state index in [0.29, 0.717) is 6.54 Å². The predicted molar refractivity (Wildman–Crippen MR) is 47.5 cm³/mol. The van der Waals surface area contributed by atoms with Crippen LogP contribution in [-0.4, -0.2) is 36.3 Å². The van der Waals surface area contributed by atoms with E-state index in [-0.39, 0.29) is 6.61 Å². The molecule has 0 unspecified atom stereocenters. The molecular formula is C7H14N2OS. The highest BCUT2D eigenvalue weighted by atomic mass is 32.2. The van der Waals surface area contributed by atoms with Crippen molar-refractivity contribution in [2.75, 3.05) is 31.2 Å². The maximum absolute atomic E-state index is 8.43. The zero-order valence-electron chi connectivity index (χ0n) is 6.55. The Morgan fingerprint density at radius 3 is 2.91 bits per heavy atom. The maximum atomic E-state index is 8.43. The first-order valence-electron chi connectivity index (χ1n) is 3.68. The van der Waals surface area contributed by atoms with Gasteiger partial charge in [-0.05, 0) is 12.2 Å². The number of aliphatic hydroxyl groups excluding tert-OH is 1. The van der Waals surface area contributed by atoms with E-state index in [2.05, 4.69) is 5.32 Å². The maximum Gasteiger partial charge on any atom is 0.0841 e. The molecule has 0 bridgehead atoms. The molecule has 64 valence electrons. The van der Waals surface area contributed by atoms with E-state index < -0.39 is 0 Å². The van der Waals surface area contributed by atoms with Crippen molar-refractivity contribution in [2.45, 2.75) is 6.42 Å². The Hall–Kier alpha value is -0.240. The molecule has 0 amide bonds. The van der Waals surface area contributed by atoms with Gasteiger partial charge in [-0.2, -0.15) is 17.0 Å². The summed E-state index contributed by atoms with van der Waals surface area (Å²) in [6.45, 7) is 1.59. The molecule has 0 atom stereocenters.